The largest absolute Gasteiger partial charge is 0.462 e. The number of ether oxygens (including phenoxy) is 3. The predicted molar refractivity (Wildman–Crippen MR) is 348 cm³/mol. The van der Waals surface area contributed by atoms with Gasteiger partial charge in [-0.2, -0.15) is 0 Å². The lowest BCUT2D eigenvalue weighted by Gasteiger charge is -2.18. The van der Waals surface area contributed by atoms with Crippen LogP contribution in [0.4, 0.5) is 0 Å². The van der Waals surface area contributed by atoms with Crippen molar-refractivity contribution < 1.29 is 28.6 Å². The van der Waals surface area contributed by atoms with Crippen LogP contribution in [-0.4, -0.2) is 37.2 Å². The standard InChI is InChI=1S/C74H126O6/c1-4-7-10-13-16-19-22-25-28-30-31-32-33-34-35-36-37-38-39-40-41-42-43-45-46-49-52-55-58-61-64-67-73(76)79-70-71(69-78-72(75)66-63-60-57-54-51-48-27-24-21-18-15-12-9-6-3)80-74(77)68-65-62-59-56-53-50-47-44-29-26-23-20-17-14-11-8-5-2/h8,11,15,17-18,20,22,24-27,29-31,33-34,47,50,71H,4-7,9-10,12-14,16,19,21,23,28,32,35-46,48-49,51-70H2,1-3H3/b11-8-,18-15-,20-17-,25-22-,27-24-,29-26-,31-30-,34-33-,50-47-. The van der Waals surface area contributed by atoms with Crippen LogP contribution >= 0.6 is 0 Å². The molecule has 1 atom stereocenters. The zero-order valence-corrected chi connectivity index (χ0v) is 52.6. The summed E-state index contributed by atoms with van der Waals surface area (Å²) in [5.41, 5.74) is 0. The van der Waals surface area contributed by atoms with E-state index >= 15 is 0 Å². The van der Waals surface area contributed by atoms with Crippen molar-refractivity contribution in [2.75, 3.05) is 13.2 Å². The molecule has 0 aliphatic carbocycles. The molecule has 6 nitrogen and oxygen atoms in total. The van der Waals surface area contributed by atoms with Gasteiger partial charge in [-0.25, -0.2) is 0 Å². The van der Waals surface area contributed by atoms with Crippen LogP contribution in [0.15, 0.2) is 109 Å². The third kappa shape index (κ3) is 64.9. The highest BCUT2D eigenvalue weighted by Crippen LogP contribution is 2.16. The minimum atomic E-state index is -0.799. The number of carbonyl (C=O) groups is 3. The van der Waals surface area contributed by atoms with Gasteiger partial charge in [-0.15, -0.1) is 0 Å². The van der Waals surface area contributed by atoms with Crippen molar-refractivity contribution >= 4 is 17.9 Å². The fourth-order valence-corrected chi connectivity index (χ4v) is 9.40. The first-order chi connectivity index (χ1) is 39.5. The molecule has 0 bridgehead atoms. The Balaban J connectivity index is 4.25. The summed E-state index contributed by atoms with van der Waals surface area (Å²) in [5.74, 6) is -0.922. The van der Waals surface area contributed by atoms with E-state index in [1.54, 1.807) is 0 Å². The zero-order chi connectivity index (χ0) is 57.8. The van der Waals surface area contributed by atoms with Gasteiger partial charge in [0.15, 0.2) is 6.10 Å². The Morgan fingerprint density at radius 2 is 0.500 bits per heavy atom. The van der Waals surface area contributed by atoms with E-state index in [-0.39, 0.29) is 31.1 Å². The molecule has 1 unspecified atom stereocenters. The summed E-state index contributed by atoms with van der Waals surface area (Å²) in [6.45, 7) is 6.46. The number of esters is 3. The fourth-order valence-electron chi connectivity index (χ4n) is 9.40. The molecule has 0 rings (SSSR count). The molecular formula is C74H126O6. The van der Waals surface area contributed by atoms with Crippen LogP contribution < -0.4 is 0 Å². The van der Waals surface area contributed by atoms with Gasteiger partial charge in [-0.3, -0.25) is 14.4 Å². The first kappa shape index (κ1) is 76.1. The Labute approximate surface area is 495 Å². The lowest BCUT2D eigenvalue weighted by atomic mass is 10.0. The topological polar surface area (TPSA) is 78.9 Å². The van der Waals surface area contributed by atoms with Gasteiger partial charge in [-0.1, -0.05) is 291 Å². The van der Waals surface area contributed by atoms with E-state index in [4.69, 9.17) is 14.2 Å². The van der Waals surface area contributed by atoms with Gasteiger partial charge in [-0.05, 0) is 122 Å². The highest BCUT2D eigenvalue weighted by molar-refractivity contribution is 5.71. The quantitative estimate of drug-likeness (QED) is 0.0261. The van der Waals surface area contributed by atoms with Gasteiger partial charge >= 0.3 is 17.9 Å². The first-order valence-corrected chi connectivity index (χ1v) is 33.9. The highest BCUT2D eigenvalue weighted by atomic mass is 16.6. The molecule has 80 heavy (non-hydrogen) atoms. The lowest BCUT2D eigenvalue weighted by molar-refractivity contribution is -0.167. The number of hydrogen-bond acceptors (Lipinski definition) is 6. The number of allylic oxidation sites excluding steroid dienone is 18. The molecule has 0 spiro atoms. The van der Waals surface area contributed by atoms with E-state index in [1.165, 1.54) is 148 Å². The van der Waals surface area contributed by atoms with Crippen molar-refractivity contribution in [3.05, 3.63) is 109 Å². The van der Waals surface area contributed by atoms with Crippen molar-refractivity contribution in [2.45, 2.75) is 329 Å². The Morgan fingerprint density at radius 1 is 0.263 bits per heavy atom. The molecule has 0 radical (unpaired) electrons. The van der Waals surface area contributed by atoms with Crippen LogP contribution in [0.5, 0.6) is 0 Å². The van der Waals surface area contributed by atoms with E-state index in [2.05, 4.69) is 130 Å². The second kappa shape index (κ2) is 67.6. The highest BCUT2D eigenvalue weighted by Gasteiger charge is 2.19. The second-order valence-corrected chi connectivity index (χ2v) is 22.3. The van der Waals surface area contributed by atoms with E-state index < -0.39 is 6.10 Å². The average molecular weight is 1110 g/mol. The Kier molecular flexibility index (Phi) is 64.3. The van der Waals surface area contributed by atoms with Crippen LogP contribution in [0.3, 0.4) is 0 Å². The molecule has 0 saturated heterocycles. The minimum Gasteiger partial charge on any atom is -0.462 e. The molecule has 0 aliphatic rings. The second-order valence-electron chi connectivity index (χ2n) is 22.3. The summed E-state index contributed by atoms with van der Waals surface area (Å²) >= 11 is 0. The molecule has 0 aromatic heterocycles. The molecule has 0 aromatic carbocycles. The molecule has 0 saturated carbocycles. The molecule has 6 heteroatoms. The van der Waals surface area contributed by atoms with Crippen molar-refractivity contribution in [3.63, 3.8) is 0 Å². The van der Waals surface area contributed by atoms with Crippen LogP contribution in [0, 0.1) is 0 Å². The van der Waals surface area contributed by atoms with Crippen molar-refractivity contribution in [3.8, 4) is 0 Å². The third-order valence-corrected chi connectivity index (χ3v) is 14.5. The molecule has 0 aromatic rings. The molecule has 0 heterocycles. The molecule has 0 amide bonds. The maximum Gasteiger partial charge on any atom is 0.306 e. The third-order valence-electron chi connectivity index (χ3n) is 14.5. The summed E-state index contributed by atoms with van der Waals surface area (Å²) in [4.78, 5) is 38.3. The maximum atomic E-state index is 12.9. The van der Waals surface area contributed by atoms with E-state index in [0.717, 1.165) is 135 Å². The van der Waals surface area contributed by atoms with Crippen LogP contribution in [-0.2, 0) is 28.6 Å². The summed E-state index contributed by atoms with van der Waals surface area (Å²) < 4.78 is 16.9. The summed E-state index contributed by atoms with van der Waals surface area (Å²) in [7, 11) is 0. The number of carbonyl (C=O) groups excluding carboxylic acids is 3. The Hall–Kier alpha value is -3.93. The molecule has 458 valence electrons. The SMILES string of the molecule is CC/C=C\C/C=C\C/C=C\C/C=C\CCCCCCC(=O)OC(COC(=O)CCCCCCC/C=C\C/C=C\CCCC)COC(=O)CCCCCCCCCCCCCCCCCC/C=C\C/C=C\C/C=C\CCCCCCC. The normalized spacial score (nSPS) is 12.8. The van der Waals surface area contributed by atoms with Gasteiger partial charge in [0.2, 0.25) is 0 Å². The average Bonchev–Trinajstić information content (AvgIpc) is 3.46. The van der Waals surface area contributed by atoms with E-state index in [9.17, 15) is 14.4 Å². The van der Waals surface area contributed by atoms with E-state index in [0.29, 0.717) is 19.3 Å². The van der Waals surface area contributed by atoms with Crippen LogP contribution in [0.25, 0.3) is 0 Å². The summed E-state index contributed by atoms with van der Waals surface area (Å²) in [5, 5.41) is 0. The van der Waals surface area contributed by atoms with Gasteiger partial charge in [0, 0.05) is 19.3 Å². The number of hydrogen-bond donors (Lipinski definition) is 0. The van der Waals surface area contributed by atoms with Gasteiger partial charge < -0.3 is 14.2 Å². The van der Waals surface area contributed by atoms with Gasteiger partial charge in [0.25, 0.3) is 0 Å². The summed E-state index contributed by atoms with van der Waals surface area (Å²) in [6.07, 6.45) is 92.5. The number of unbranched alkanes of at least 4 members (excludes halogenated alkanes) is 32. The van der Waals surface area contributed by atoms with Crippen molar-refractivity contribution in [1.82, 2.24) is 0 Å². The fraction of sp³-hybridized carbons (Fsp3) is 0.716. The van der Waals surface area contributed by atoms with Gasteiger partial charge in [0.1, 0.15) is 13.2 Å². The minimum absolute atomic E-state index is 0.0921. The maximum absolute atomic E-state index is 12.9. The van der Waals surface area contributed by atoms with E-state index in [1.807, 2.05) is 0 Å². The summed E-state index contributed by atoms with van der Waals surface area (Å²) in [6, 6.07) is 0. The predicted octanol–water partition coefficient (Wildman–Crippen LogP) is 23.4. The van der Waals surface area contributed by atoms with Crippen LogP contribution in [0.1, 0.15) is 323 Å². The monoisotopic (exact) mass is 1110 g/mol. The molecule has 0 fully saturated rings. The van der Waals surface area contributed by atoms with Crippen molar-refractivity contribution in [1.29, 1.82) is 0 Å². The molecule has 0 aliphatic heterocycles. The molecule has 0 N–H and O–H groups in total. The first-order valence-electron chi connectivity index (χ1n) is 33.9. The smallest absolute Gasteiger partial charge is 0.306 e. The Bertz CT molecular complexity index is 1610. The zero-order valence-electron chi connectivity index (χ0n) is 52.6. The lowest BCUT2D eigenvalue weighted by Crippen LogP contribution is -2.30. The van der Waals surface area contributed by atoms with Crippen molar-refractivity contribution in [2.24, 2.45) is 0 Å². The van der Waals surface area contributed by atoms with Gasteiger partial charge in [0.05, 0.1) is 0 Å². The number of rotatable bonds is 61. The van der Waals surface area contributed by atoms with Crippen LogP contribution in [0.2, 0.25) is 0 Å². The Morgan fingerprint density at radius 3 is 0.800 bits per heavy atom. The molecular weight excluding hydrogens is 985 g/mol.